The molecule has 0 unspecified atom stereocenters. The Morgan fingerprint density at radius 2 is 2.26 bits per heavy atom. The quantitative estimate of drug-likeness (QED) is 0.821. The van der Waals surface area contributed by atoms with Crippen LogP contribution in [0.15, 0.2) is 24.9 Å². The number of anilines is 1. The highest BCUT2D eigenvalue weighted by Gasteiger charge is 2.59. The topological polar surface area (TPSA) is 42.2 Å². The third-order valence-electron chi connectivity index (χ3n) is 3.29. The smallest absolute Gasteiger partial charge is 0.381 e. The molecule has 0 fully saturated rings. The van der Waals surface area contributed by atoms with Gasteiger partial charge < -0.3 is 5.32 Å². The molecule has 0 radical (unpaired) electrons. The summed E-state index contributed by atoms with van der Waals surface area (Å²) in [7, 11) is 0. The van der Waals surface area contributed by atoms with E-state index < -0.39 is 11.6 Å². The van der Waals surface area contributed by atoms with Crippen molar-refractivity contribution in [1.82, 2.24) is 14.6 Å². The zero-order chi connectivity index (χ0) is 13.8. The van der Waals surface area contributed by atoms with Gasteiger partial charge in [-0.1, -0.05) is 17.7 Å². The summed E-state index contributed by atoms with van der Waals surface area (Å²) in [6.45, 7) is 3.01. The first-order valence-electron chi connectivity index (χ1n) is 5.38. The molecule has 0 aromatic carbocycles. The molecule has 0 spiro atoms. The molecule has 1 aliphatic heterocycles. The maximum Gasteiger partial charge on any atom is 0.405 e. The molecule has 4 nitrogen and oxygen atoms in total. The first-order valence-corrected chi connectivity index (χ1v) is 5.76. The van der Waals surface area contributed by atoms with Crippen LogP contribution < -0.4 is 5.32 Å². The van der Waals surface area contributed by atoms with Crippen LogP contribution in [0.4, 0.5) is 18.9 Å². The van der Waals surface area contributed by atoms with Crippen LogP contribution in [-0.4, -0.2) is 27.3 Å². The summed E-state index contributed by atoms with van der Waals surface area (Å²) < 4.78 is 41.4. The Bertz CT molecular complexity index is 678. The molecular weight excluding hydrogens is 281 g/mol. The Balaban J connectivity index is 2.39. The molecule has 2 aromatic heterocycles. The van der Waals surface area contributed by atoms with E-state index >= 15 is 0 Å². The van der Waals surface area contributed by atoms with E-state index in [1.165, 1.54) is 12.3 Å². The maximum atomic E-state index is 13.4. The van der Waals surface area contributed by atoms with Crippen molar-refractivity contribution >= 4 is 22.9 Å². The Labute approximate surface area is 110 Å². The van der Waals surface area contributed by atoms with Gasteiger partial charge in [0.05, 0.1) is 17.6 Å². The van der Waals surface area contributed by atoms with Gasteiger partial charge in [-0.2, -0.15) is 18.3 Å². The van der Waals surface area contributed by atoms with E-state index in [9.17, 15) is 13.2 Å². The number of hydrogen-bond donors (Lipinski definition) is 1. The third kappa shape index (κ3) is 1.48. The fourth-order valence-electron chi connectivity index (χ4n) is 2.30. The number of aromatic nitrogens is 3. The lowest BCUT2D eigenvalue weighted by atomic mass is 9.85. The molecule has 0 saturated heterocycles. The highest BCUT2D eigenvalue weighted by atomic mass is 35.5. The lowest BCUT2D eigenvalue weighted by Gasteiger charge is -2.28. The molecule has 100 valence electrons. The van der Waals surface area contributed by atoms with Crippen molar-refractivity contribution in [3.63, 3.8) is 0 Å². The minimum atomic E-state index is -4.49. The van der Waals surface area contributed by atoms with Gasteiger partial charge in [-0.3, -0.25) is 0 Å². The van der Waals surface area contributed by atoms with E-state index in [0.29, 0.717) is 0 Å². The van der Waals surface area contributed by atoms with Crippen LogP contribution in [0.1, 0.15) is 5.69 Å². The number of nitrogens with zero attached hydrogens (tertiary/aromatic N) is 3. The average molecular weight is 289 g/mol. The van der Waals surface area contributed by atoms with Gasteiger partial charge in [0, 0.05) is 12.6 Å². The lowest BCUT2D eigenvalue weighted by Crippen LogP contribution is -2.43. The standard InChI is InChI=1S/C11H8ClF3N4/c1-2-10(11(13,14)15)5-17-6-4-16-8-3-7(12)18-19(8)9(6)10/h2-4,17H,1,5H2/t10-/m0/s1. The summed E-state index contributed by atoms with van der Waals surface area (Å²) in [5.41, 5.74) is -1.68. The zero-order valence-corrected chi connectivity index (χ0v) is 10.3. The molecule has 3 heterocycles. The largest absolute Gasteiger partial charge is 0.405 e. The average Bonchev–Trinajstić information content (AvgIpc) is 2.86. The summed E-state index contributed by atoms with van der Waals surface area (Å²) in [6, 6.07) is 1.41. The molecule has 2 aromatic rings. The monoisotopic (exact) mass is 288 g/mol. The molecule has 8 heteroatoms. The highest BCUT2D eigenvalue weighted by molar-refractivity contribution is 6.29. The maximum absolute atomic E-state index is 13.4. The second-order valence-corrected chi connectivity index (χ2v) is 4.67. The Morgan fingerprint density at radius 1 is 1.53 bits per heavy atom. The number of halogens is 4. The number of nitrogens with one attached hydrogen (secondary N) is 1. The summed E-state index contributed by atoms with van der Waals surface area (Å²) in [5, 5.41) is 6.66. The van der Waals surface area contributed by atoms with Crippen molar-refractivity contribution in [1.29, 1.82) is 0 Å². The molecule has 0 bridgehead atoms. The fraction of sp³-hybridized carbons (Fsp3) is 0.273. The van der Waals surface area contributed by atoms with Gasteiger partial charge in [0.2, 0.25) is 0 Å². The minimum Gasteiger partial charge on any atom is -0.381 e. The zero-order valence-electron chi connectivity index (χ0n) is 9.50. The number of hydrogen-bond acceptors (Lipinski definition) is 3. The molecule has 0 aliphatic carbocycles. The van der Waals surface area contributed by atoms with Crippen LogP contribution in [0.5, 0.6) is 0 Å². The fourth-order valence-corrected chi connectivity index (χ4v) is 2.47. The van der Waals surface area contributed by atoms with E-state index in [2.05, 4.69) is 22.0 Å². The van der Waals surface area contributed by atoms with E-state index in [-0.39, 0.29) is 28.7 Å². The molecule has 0 amide bonds. The SMILES string of the molecule is C=C[C@]1(C(F)(F)F)CNc2cnc3cc(Cl)nn3c21. The van der Waals surface area contributed by atoms with Crippen molar-refractivity contribution in [2.75, 3.05) is 11.9 Å². The van der Waals surface area contributed by atoms with Gasteiger partial charge in [-0.05, 0) is 0 Å². The van der Waals surface area contributed by atoms with Gasteiger partial charge in [0.1, 0.15) is 5.41 Å². The van der Waals surface area contributed by atoms with Crippen molar-refractivity contribution < 1.29 is 13.2 Å². The molecule has 1 atom stereocenters. The first kappa shape index (κ1) is 12.3. The van der Waals surface area contributed by atoms with Crippen LogP contribution in [0, 0.1) is 0 Å². The molecule has 19 heavy (non-hydrogen) atoms. The molecule has 1 N–H and O–H groups in total. The summed E-state index contributed by atoms with van der Waals surface area (Å²) >= 11 is 5.74. The second-order valence-electron chi connectivity index (χ2n) is 4.28. The van der Waals surface area contributed by atoms with Crippen molar-refractivity contribution in [3.05, 3.63) is 35.8 Å². The van der Waals surface area contributed by atoms with E-state index in [1.807, 2.05) is 0 Å². The summed E-state index contributed by atoms with van der Waals surface area (Å²) in [4.78, 5) is 4.01. The summed E-state index contributed by atoms with van der Waals surface area (Å²) in [5.74, 6) is 0. The third-order valence-corrected chi connectivity index (χ3v) is 3.47. The van der Waals surface area contributed by atoms with E-state index in [4.69, 9.17) is 11.6 Å². The normalized spacial score (nSPS) is 22.3. The Hall–Kier alpha value is -1.76. The van der Waals surface area contributed by atoms with Crippen LogP contribution in [0.2, 0.25) is 5.15 Å². The number of fused-ring (bicyclic) bond motifs is 3. The van der Waals surface area contributed by atoms with Crippen LogP contribution in [0.3, 0.4) is 0 Å². The number of alkyl halides is 3. The highest BCUT2D eigenvalue weighted by Crippen LogP contribution is 2.48. The van der Waals surface area contributed by atoms with Crippen molar-refractivity contribution in [3.8, 4) is 0 Å². The van der Waals surface area contributed by atoms with Gasteiger partial charge in [-0.15, -0.1) is 6.58 Å². The van der Waals surface area contributed by atoms with Gasteiger partial charge in [0.15, 0.2) is 10.8 Å². The predicted molar refractivity (Wildman–Crippen MR) is 64.4 cm³/mol. The summed E-state index contributed by atoms with van der Waals surface area (Å²) in [6.07, 6.45) is -2.25. The lowest BCUT2D eigenvalue weighted by molar-refractivity contribution is -0.171. The molecule has 0 saturated carbocycles. The molecule has 3 rings (SSSR count). The van der Waals surface area contributed by atoms with Gasteiger partial charge in [-0.25, -0.2) is 9.50 Å². The van der Waals surface area contributed by atoms with Gasteiger partial charge in [0.25, 0.3) is 0 Å². The molecule has 1 aliphatic rings. The first-order chi connectivity index (χ1) is 8.89. The molecular formula is C11H8ClF3N4. The van der Waals surface area contributed by atoms with E-state index in [1.54, 1.807) is 0 Å². The van der Waals surface area contributed by atoms with Crippen molar-refractivity contribution in [2.45, 2.75) is 11.6 Å². The minimum absolute atomic E-state index is 0.0353. The van der Waals surface area contributed by atoms with Crippen LogP contribution in [0.25, 0.3) is 5.65 Å². The van der Waals surface area contributed by atoms with Gasteiger partial charge >= 0.3 is 6.18 Å². The Kier molecular flexibility index (Phi) is 2.35. The van der Waals surface area contributed by atoms with Crippen LogP contribution in [-0.2, 0) is 5.41 Å². The van der Waals surface area contributed by atoms with E-state index in [0.717, 1.165) is 10.6 Å². The number of rotatable bonds is 1. The predicted octanol–water partition coefficient (Wildman–Crippen LogP) is 2.79. The Morgan fingerprint density at radius 3 is 2.89 bits per heavy atom. The van der Waals surface area contributed by atoms with Crippen molar-refractivity contribution in [2.24, 2.45) is 0 Å². The second kappa shape index (κ2) is 3.63. The van der Waals surface area contributed by atoms with Crippen LogP contribution >= 0.6 is 11.6 Å².